The van der Waals surface area contributed by atoms with Crippen LogP contribution < -0.4 is 0 Å². The van der Waals surface area contributed by atoms with Crippen LogP contribution in [0.4, 0.5) is 0 Å². The first-order valence-corrected chi connectivity index (χ1v) is 9.41. The molecule has 2 rings (SSSR count). The molecule has 0 unspecified atom stereocenters. The number of nitrogens with zero attached hydrogens (tertiary/aromatic N) is 1. The second-order valence-corrected chi connectivity index (χ2v) is 8.47. The highest BCUT2D eigenvalue weighted by molar-refractivity contribution is 9.11. The van der Waals surface area contributed by atoms with Crippen molar-refractivity contribution in [3.63, 3.8) is 0 Å². The van der Waals surface area contributed by atoms with E-state index in [0.29, 0.717) is 22.5 Å². The molecule has 0 aromatic heterocycles. The molecule has 106 valence electrons. The highest BCUT2D eigenvalue weighted by Gasteiger charge is 2.27. The van der Waals surface area contributed by atoms with Gasteiger partial charge in [-0.2, -0.15) is 4.31 Å². The van der Waals surface area contributed by atoms with E-state index < -0.39 is 10.0 Å². The minimum Gasteiger partial charge on any atom is -0.207 e. The van der Waals surface area contributed by atoms with Crippen LogP contribution >= 0.6 is 31.9 Å². The van der Waals surface area contributed by atoms with Gasteiger partial charge in [-0.25, -0.2) is 8.42 Å². The van der Waals surface area contributed by atoms with E-state index in [-0.39, 0.29) is 0 Å². The molecule has 19 heavy (non-hydrogen) atoms. The summed E-state index contributed by atoms with van der Waals surface area (Å²) in [4.78, 5) is 0.354. The van der Waals surface area contributed by atoms with Gasteiger partial charge < -0.3 is 0 Å². The average molecular weight is 411 g/mol. The van der Waals surface area contributed by atoms with Crippen molar-refractivity contribution in [2.24, 2.45) is 0 Å². The minimum atomic E-state index is -3.40. The zero-order chi connectivity index (χ0) is 14.0. The summed E-state index contributed by atoms with van der Waals surface area (Å²) in [5.41, 5.74) is 1.02. The van der Waals surface area contributed by atoms with E-state index >= 15 is 0 Å². The van der Waals surface area contributed by atoms with Gasteiger partial charge in [-0.1, -0.05) is 28.8 Å². The van der Waals surface area contributed by atoms with Gasteiger partial charge in [0.25, 0.3) is 0 Å². The fourth-order valence-electron chi connectivity index (χ4n) is 2.25. The van der Waals surface area contributed by atoms with E-state index in [2.05, 4.69) is 31.9 Å². The van der Waals surface area contributed by atoms with E-state index in [1.165, 1.54) is 0 Å². The van der Waals surface area contributed by atoms with Gasteiger partial charge in [0, 0.05) is 22.0 Å². The highest BCUT2D eigenvalue weighted by atomic mass is 79.9. The third-order valence-corrected chi connectivity index (χ3v) is 7.11. The number of sulfonamides is 1. The zero-order valence-corrected chi connectivity index (χ0v) is 14.8. The average Bonchev–Trinajstić information content (AvgIpc) is 2.62. The Balaban J connectivity index is 2.41. The van der Waals surface area contributed by atoms with E-state index in [9.17, 15) is 8.42 Å². The predicted octanol–water partition coefficient (Wildman–Crippen LogP) is 4.08. The number of hydrogen-bond donors (Lipinski definition) is 0. The summed E-state index contributed by atoms with van der Waals surface area (Å²) >= 11 is 6.78. The largest absolute Gasteiger partial charge is 0.244 e. The first-order chi connectivity index (χ1) is 8.93. The van der Waals surface area contributed by atoms with Crippen LogP contribution in [-0.2, 0) is 10.0 Å². The maximum Gasteiger partial charge on any atom is 0.244 e. The first-order valence-electron chi connectivity index (χ1n) is 6.39. The van der Waals surface area contributed by atoms with Crippen LogP contribution in [0.1, 0.15) is 31.2 Å². The Labute approximate surface area is 131 Å². The van der Waals surface area contributed by atoms with Gasteiger partial charge in [0.2, 0.25) is 10.0 Å². The Morgan fingerprint density at radius 3 is 2.16 bits per heavy atom. The molecule has 1 heterocycles. The van der Waals surface area contributed by atoms with Crippen molar-refractivity contribution in [2.45, 2.75) is 37.5 Å². The molecular formula is C13H17Br2NO2S. The Morgan fingerprint density at radius 1 is 1.00 bits per heavy atom. The van der Waals surface area contributed by atoms with Crippen LogP contribution in [0.5, 0.6) is 0 Å². The molecule has 1 aromatic carbocycles. The van der Waals surface area contributed by atoms with Crippen molar-refractivity contribution < 1.29 is 8.42 Å². The van der Waals surface area contributed by atoms with Gasteiger partial charge in [-0.15, -0.1) is 0 Å². The Hall–Kier alpha value is 0.0900. The molecule has 0 bridgehead atoms. The third kappa shape index (κ3) is 3.40. The predicted molar refractivity (Wildman–Crippen MR) is 83.8 cm³/mol. The van der Waals surface area contributed by atoms with Crippen LogP contribution in [0.15, 0.2) is 26.0 Å². The smallest absolute Gasteiger partial charge is 0.207 e. The van der Waals surface area contributed by atoms with Gasteiger partial charge >= 0.3 is 0 Å². The molecule has 1 aromatic rings. The molecule has 0 N–H and O–H groups in total. The lowest BCUT2D eigenvalue weighted by Gasteiger charge is -2.21. The topological polar surface area (TPSA) is 37.4 Å². The third-order valence-electron chi connectivity index (χ3n) is 3.40. The molecule has 1 aliphatic heterocycles. The number of hydrogen-bond acceptors (Lipinski definition) is 2. The Morgan fingerprint density at radius 2 is 1.58 bits per heavy atom. The molecule has 0 saturated carbocycles. The fourth-order valence-corrected chi connectivity index (χ4v) is 5.40. The summed E-state index contributed by atoms with van der Waals surface area (Å²) < 4.78 is 28.5. The molecule has 3 nitrogen and oxygen atoms in total. The van der Waals surface area contributed by atoms with Gasteiger partial charge in [0.05, 0.1) is 4.90 Å². The van der Waals surface area contributed by atoms with Gasteiger partial charge in [0.15, 0.2) is 0 Å². The molecule has 0 radical (unpaired) electrons. The number of rotatable bonds is 2. The van der Waals surface area contributed by atoms with Crippen LogP contribution in [-0.4, -0.2) is 25.8 Å². The Bertz CT molecular complexity index is 564. The van der Waals surface area contributed by atoms with E-state index in [1.807, 2.05) is 13.0 Å². The van der Waals surface area contributed by atoms with Crippen molar-refractivity contribution >= 4 is 41.9 Å². The molecule has 6 heteroatoms. The van der Waals surface area contributed by atoms with Gasteiger partial charge in [0.1, 0.15) is 0 Å². The summed E-state index contributed by atoms with van der Waals surface area (Å²) in [5.74, 6) is 0. The monoisotopic (exact) mass is 409 g/mol. The molecule has 0 spiro atoms. The van der Waals surface area contributed by atoms with E-state index in [0.717, 1.165) is 35.7 Å². The van der Waals surface area contributed by atoms with E-state index in [4.69, 9.17) is 0 Å². The normalized spacial score (nSPS) is 18.3. The van der Waals surface area contributed by atoms with Crippen LogP contribution in [0.25, 0.3) is 0 Å². The maximum atomic E-state index is 12.7. The number of halogens is 2. The molecule has 0 atom stereocenters. The molecule has 0 amide bonds. The lowest BCUT2D eigenvalue weighted by molar-refractivity contribution is 0.423. The van der Waals surface area contributed by atoms with Crippen LogP contribution in [0.3, 0.4) is 0 Å². The number of benzene rings is 1. The van der Waals surface area contributed by atoms with Crippen molar-refractivity contribution in [2.75, 3.05) is 13.1 Å². The maximum absolute atomic E-state index is 12.7. The van der Waals surface area contributed by atoms with Gasteiger partial charge in [-0.05, 0) is 53.4 Å². The van der Waals surface area contributed by atoms with Crippen LogP contribution in [0.2, 0.25) is 0 Å². The SMILES string of the molecule is Cc1cc(Br)c(S(=O)(=O)N2CCCCCC2)cc1Br. The lowest BCUT2D eigenvalue weighted by Crippen LogP contribution is -2.32. The quantitative estimate of drug-likeness (QED) is 0.736. The molecular weight excluding hydrogens is 394 g/mol. The van der Waals surface area contributed by atoms with Crippen molar-refractivity contribution in [1.82, 2.24) is 4.31 Å². The van der Waals surface area contributed by atoms with Gasteiger partial charge in [-0.3, -0.25) is 0 Å². The highest BCUT2D eigenvalue weighted by Crippen LogP contribution is 2.31. The van der Waals surface area contributed by atoms with E-state index in [1.54, 1.807) is 10.4 Å². The number of aryl methyl sites for hydroxylation is 1. The summed E-state index contributed by atoms with van der Waals surface area (Å²) in [5, 5.41) is 0. The Kier molecular flexibility index (Phi) is 5.09. The fraction of sp³-hybridized carbons (Fsp3) is 0.538. The summed E-state index contributed by atoms with van der Waals surface area (Å²) in [6.45, 7) is 3.19. The molecule has 1 saturated heterocycles. The standard InChI is InChI=1S/C13H17Br2NO2S/c1-10-8-12(15)13(9-11(10)14)19(17,18)16-6-4-2-3-5-7-16/h8-9H,2-7H2,1H3. The molecule has 0 aliphatic carbocycles. The van der Waals surface area contributed by atoms with Crippen molar-refractivity contribution in [3.8, 4) is 0 Å². The minimum absolute atomic E-state index is 0.354. The summed E-state index contributed by atoms with van der Waals surface area (Å²) in [6.07, 6.45) is 4.13. The summed E-state index contributed by atoms with van der Waals surface area (Å²) in [7, 11) is -3.40. The van der Waals surface area contributed by atoms with Crippen molar-refractivity contribution in [1.29, 1.82) is 0 Å². The second-order valence-electron chi connectivity index (χ2n) is 4.85. The molecule has 1 fully saturated rings. The lowest BCUT2D eigenvalue weighted by atomic mass is 10.2. The molecule has 1 aliphatic rings. The second kappa shape index (κ2) is 6.24. The first kappa shape index (κ1) is 15.5. The van der Waals surface area contributed by atoms with Crippen molar-refractivity contribution in [3.05, 3.63) is 26.6 Å². The van der Waals surface area contributed by atoms with Crippen LogP contribution in [0, 0.1) is 6.92 Å². The zero-order valence-electron chi connectivity index (χ0n) is 10.8. The summed E-state index contributed by atoms with van der Waals surface area (Å²) in [6, 6.07) is 3.54.